The number of ether oxygens (including phenoxy) is 1. The van der Waals surface area contributed by atoms with Crippen LogP contribution in [0.25, 0.3) is 5.65 Å². The van der Waals surface area contributed by atoms with Gasteiger partial charge >= 0.3 is 6.09 Å². The van der Waals surface area contributed by atoms with Crippen LogP contribution in [0.2, 0.25) is 5.02 Å². The number of halogens is 1. The standard InChI is InChI=1S/C30H36ClN11O2/c1-30(2,3)44-29(43)41-8-6-22(7-9-41)39-10-12-40(13-11-39)24-15-19(16-32)14-23(25(24)31)36-27-37-26-20(17-33)18-34-42(26)28(38-27)35-21-4-5-21/h14-15,18,21-22H,4-13H2,1-3H3,(H2,35,36,37,38). The fourth-order valence-electron chi connectivity index (χ4n) is 5.70. The summed E-state index contributed by atoms with van der Waals surface area (Å²) in [7, 11) is 0. The monoisotopic (exact) mass is 617 g/mol. The molecule has 44 heavy (non-hydrogen) atoms. The first-order valence-corrected chi connectivity index (χ1v) is 15.4. The number of benzene rings is 1. The highest BCUT2D eigenvalue weighted by Crippen LogP contribution is 2.37. The van der Waals surface area contributed by atoms with E-state index in [1.165, 1.54) is 10.7 Å². The lowest BCUT2D eigenvalue weighted by Gasteiger charge is -2.43. The van der Waals surface area contributed by atoms with Crippen molar-refractivity contribution in [2.75, 3.05) is 54.8 Å². The van der Waals surface area contributed by atoms with E-state index >= 15 is 0 Å². The highest BCUT2D eigenvalue weighted by Gasteiger charge is 2.32. The lowest BCUT2D eigenvalue weighted by atomic mass is 10.0. The number of rotatable bonds is 6. The van der Waals surface area contributed by atoms with Gasteiger partial charge in [-0.3, -0.25) is 4.90 Å². The predicted octanol–water partition coefficient (Wildman–Crippen LogP) is 4.36. The molecule has 1 aromatic carbocycles. The number of carbonyl (C=O) groups excluding carboxylic acids is 1. The number of amides is 1. The molecule has 13 nitrogen and oxygen atoms in total. The number of fused-ring (bicyclic) bond motifs is 1. The van der Waals surface area contributed by atoms with Gasteiger partial charge in [-0.25, -0.2) is 4.79 Å². The van der Waals surface area contributed by atoms with Gasteiger partial charge in [0.2, 0.25) is 11.9 Å². The third-order valence-corrected chi connectivity index (χ3v) is 8.51. The average Bonchev–Trinajstić information content (AvgIpc) is 3.73. The first kappa shape index (κ1) is 29.7. The summed E-state index contributed by atoms with van der Waals surface area (Å²) < 4.78 is 7.08. The van der Waals surface area contributed by atoms with Crippen LogP contribution in [-0.4, -0.2) is 92.4 Å². The van der Waals surface area contributed by atoms with Crippen LogP contribution in [0.4, 0.5) is 28.1 Å². The Hall–Kier alpha value is -4.33. The van der Waals surface area contributed by atoms with Crippen LogP contribution >= 0.6 is 11.6 Å². The van der Waals surface area contributed by atoms with E-state index in [-0.39, 0.29) is 12.0 Å². The minimum atomic E-state index is -0.498. The van der Waals surface area contributed by atoms with Gasteiger partial charge in [-0.15, -0.1) is 0 Å². The van der Waals surface area contributed by atoms with Crippen molar-refractivity contribution in [1.29, 1.82) is 10.5 Å². The number of piperidine rings is 1. The van der Waals surface area contributed by atoms with Gasteiger partial charge < -0.3 is 25.2 Å². The van der Waals surface area contributed by atoms with Crippen LogP contribution in [0.15, 0.2) is 18.3 Å². The summed E-state index contributed by atoms with van der Waals surface area (Å²) in [5.74, 6) is 0.741. The summed E-state index contributed by atoms with van der Waals surface area (Å²) in [6.07, 6.45) is 5.12. The summed E-state index contributed by atoms with van der Waals surface area (Å²) in [4.78, 5) is 28.1. The second kappa shape index (κ2) is 12.0. The van der Waals surface area contributed by atoms with Gasteiger partial charge in [-0.05, 0) is 58.6 Å². The maximum Gasteiger partial charge on any atom is 0.410 e. The smallest absolute Gasteiger partial charge is 0.410 e. The van der Waals surface area contributed by atoms with Crippen molar-refractivity contribution in [3.63, 3.8) is 0 Å². The lowest BCUT2D eigenvalue weighted by Crippen LogP contribution is -2.54. The van der Waals surface area contributed by atoms with Crippen LogP contribution in [0.3, 0.4) is 0 Å². The van der Waals surface area contributed by atoms with Crippen LogP contribution in [-0.2, 0) is 4.74 Å². The summed E-state index contributed by atoms with van der Waals surface area (Å²) in [5.41, 5.74) is 1.96. The van der Waals surface area contributed by atoms with Crippen molar-refractivity contribution in [2.45, 2.75) is 64.1 Å². The van der Waals surface area contributed by atoms with E-state index in [9.17, 15) is 15.3 Å². The second-order valence-electron chi connectivity index (χ2n) is 12.5. The molecule has 4 heterocycles. The molecule has 0 atom stereocenters. The molecule has 2 aromatic heterocycles. The minimum absolute atomic E-state index is 0.242. The molecule has 2 aliphatic heterocycles. The Balaban J connectivity index is 1.15. The fourth-order valence-corrected chi connectivity index (χ4v) is 5.98. The van der Waals surface area contributed by atoms with Crippen molar-refractivity contribution < 1.29 is 9.53 Å². The Kier molecular flexibility index (Phi) is 8.10. The first-order valence-electron chi connectivity index (χ1n) is 15.0. The van der Waals surface area contributed by atoms with E-state index in [1.807, 2.05) is 26.8 Å². The molecule has 1 aliphatic carbocycles. The molecule has 6 rings (SSSR count). The summed E-state index contributed by atoms with van der Waals surface area (Å²) in [6.45, 7) is 10.2. The molecule has 3 aliphatic rings. The highest BCUT2D eigenvalue weighted by molar-refractivity contribution is 6.36. The Morgan fingerprint density at radius 2 is 1.75 bits per heavy atom. The van der Waals surface area contributed by atoms with Crippen LogP contribution < -0.4 is 15.5 Å². The molecule has 1 amide bonds. The van der Waals surface area contributed by atoms with Gasteiger partial charge in [0.25, 0.3) is 0 Å². The van der Waals surface area contributed by atoms with Crippen LogP contribution in [0.5, 0.6) is 0 Å². The number of carbonyl (C=O) groups is 1. The first-order chi connectivity index (χ1) is 21.1. The van der Waals surface area contributed by atoms with E-state index in [2.05, 4.69) is 47.6 Å². The van der Waals surface area contributed by atoms with Crippen molar-refractivity contribution in [3.05, 3.63) is 34.5 Å². The molecule has 0 radical (unpaired) electrons. The summed E-state index contributed by atoms with van der Waals surface area (Å²) >= 11 is 6.97. The van der Waals surface area contributed by atoms with Crippen molar-refractivity contribution in [1.82, 2.24) is 29.4 Å². The van der Waals surface area contributed by atoms with Gasteiger partial charge in [0.1, 0.15) is 17.2 Å². The number of nitriles is 2. The average molecular weight is 618 g/mol. The van der Waals surface area contributed by atoms with Gasteiger partial charge in [0.15, 0.2) is 5.65 Å². The van der Waals surface area contributed by atoms with E-state index < -0.39 is 5.60 Å². The van der Waals surface area contributed by atoms with Gasteiger partial charge in [0, 0.05) is 51.4 Å². The molecule has 3 fully saturated rings. The molecule has 2 N–H and O–H groups in total. The molecular weight excluding hydrogens is 582 g/mol. The molecule has 14 heteroatoms. The number of nitrogens with zero attached hydrogens (tertiary/aromatic N) is 9. The van der Waals surface area contributed by atoms with E-state index in [0.29, 0.717) is 58.6 Å². The fraction of sp³-hybridized carbons (Fsp3) is 0.533. The number of hydrogen-bond donors (Lipinski definition) is 2. The molecular formula is C30H36ClN11O2. The van der Waals surface area contributed by atoms with E-state index in [1.54, 1.807) is 11.0 Å². The molecule has 0 unspecified atom stereocenters. The zero-order valence-electron chi connectivity index (χ0n) is 25.2. The van der Waals surface area contributed by atoms with E-state index in [4.69, 9.17) is 16.3 Å². The van der Waals surface area contributed by atoms with E-state index in [0.717, 1.165) is 57.5 Å². The largest absolute Gasteiger partial charge is 0.444 e. The number of hydrogen-bond acceptors (Lipinski definition) is 11. The molecule has 0 bridgehead atoms. The third-order valence-electron chi connectivity index (χ3n) is 8.12. The predicted molar refractivity (Wildman–Crippen MR) is 166 cm³/mol. The SMILES string of the molecule is CC(C)(C)OC(=O)N1CCC(N2CCN(c3cc(C#N)cc(Nc4nc(NC5CC5)n5ncc(C#N)c5n4)c3Cl)CC2)CC1. The topological polar surface area (TPSA) is 151 Å². The van der Waals surface area contributed by atoms with Gasteiger partial charge in [-0.1, -0.05) is 11.6 Å². The van der Waals surface area contributed by atoms with Crippen molar-refractivity contribution in [3.8, 4) is 12.1 Å². The molecule has 0 spiro atoms. The van der Waals surface area contributed by atoms with Crippen LogP contribution in [0, 0.1) is 22.7 Å². The number of likely N-dealkylation sites (tertiary alicyclic amines) is 1. The minimum Gasteiger partial charge on any atom is -0.444 e. The molecule has 3 aromatic rings. The number of aromatic nitrogens is 4. The zero-order valence-corrected chi connectivity index (χ0v) is 25.9. The van der Waals surface area contributed by atoms with Crippen molar-refractivity contribution >= 4 is 46.6 Å². The maximum absolute atomic E-state index is 12.5. The second-order valence-corrected chi connectivity index (χ2v) is 12.9. The summed E-state index contributed by atoms with van der Waals surface area (Å²) in [5, 5.41) is 30.7. The van der Waals surface area contributed by atoms with Gasteiger partial charge in [-0.2, -0.15) is 30.1 Å². The zero-order chi connectivity index (χ0) is 31.0. The maximum atomic E-state index is 12.5. The third kappa shape index (κ3) is 6.44. The normalized spacial score (nSPS) is 18.1. The summed E-state index contributed by atoms with van der Waals surface area (Å²) in [6, 6.07) is 8.59. The number of piperazine rings is 1. The number of anilines is 4. The Morgan fingerprint density at radius 1 is 1.02 bits per heavy atom. The number of nitrogens with one attached hydrogen (secondary N) is 2. The Bertz CT molecular complexity index is 1630. The molecule has 230 valence electrons. The highest BCUT2D eigenvalue weighted by atomic mass is 35.5. The molecule has 1 saturated carbocycles. The van der Waals surface area contributed by atoms with Crippen LogP contribution in [0.1, 0.15) is 57.6 Å². The quantitative estimate of drug-likeness (QED) is 0.406. The Morgan fingerprint density at radius 3 is 2.39 bits per heavy atom. The molecule has 2 saturated heterocycles. The lowest BCUT2D eigenvalue weighted by molar-refractivity contribution is 0.0140. The van der Waals surface area contributed by atoms with Gasteiger partial charge in [0.05, 0.1) is 34.2 Å². The Labute approximate surface area is 261 Å². The van der Waals surface area contributed by atoms with Crippen molar-refractivity contribution in [2.24, 2.45) is 0 Å².